The molecule has 3 aliphatic heterocycles. The number of fused-ring (bicyclic) bond motifs is 1. The fourth-order valence-corrected chi connectivity index (χ4v) is 8.22. The van der Waals surface area contributed by atoms with Crippen LogP contribution in [0.4, 0.5) is 0 Å². The predicted octanol–water partition coefficient (Wildman–Crippen LogP) is 1.54. The molecule has 3 N–H and O–H groups in total. The van der Waals surface area contributed by atoms with Gasteiger partial charge in [0.2, 0.25) is 17.7 Å². The number of thioether (sulfide) groups is 1. The normalized spacial score (nSPS) is 36.5. The lowest BCUT2D eigenvalue weighted by atomic mass is 9.66. The van der Waals surface area contributed by atoms with Crippen LogP contribution in [-0.4, -0.2) is 69.0 Å². The summed E-state index contributed by atoms with van der Waals surface area (Å²) < 4.78 is -0.616. The van der Waals surface area contributed by atoms with E-state index in [1.807, 2.05) is 13.8 Å². The molecule has 0 aromatic rings. The van der Waals surface area contributed by atoms with Gasteiger partial charge in [-0.2, -0.15) is 0 Å². The van der Waals surface area contributed by atoms with Gasteiger partial charge in [0.1, 0.15) is 6.04 Å². The largest absolute Gasteiger partial charge is 0.394 e. The molecule has 8 atom stereocenters. The Morgan fingerprint density at radius 2 is 1.97 bits per heavy atom. The highest BCUT2D eigenvalue weighted by Gasteiger charge is 2.76. The lowest BCUT2D eigenvalue weighted by Crippen LogP contribution is -2.59. The minimum Gasteiger partial charge on any atom is -0.394 e. The second-order valence-electron chi connectivity index (χ2n) is 9.32. The second-order valence-corrected chi connectivity index (χ2v) is 10.9. The first-order valence-electron chi connectivity index (χ1n) is 11.4. The third kappa shape index (κ3) is 3.53. The van der Waals surface area contributed by atoms with Gasteiger partial charge in [0, 0.05) is 17.8 Å². The summed E-state index contributed by atoms with van der Waals surface area (Å²) in [5.41, 5.74) is 0. The van der Waals surface area contributed by atoms with Gasteiger partial charge in [-0.15, -0.1) is 11.8 Å². The first kappa shape index (κ1) is 23.4. The van der Waals surface area contributed by atoms with E-state index in [0.29, 0.717) is 6.54 Å². The smallest absolute Gasteiger partial charge is 0.244 e. The number of aliphatic hydroxyl groups excluding tert-OH is 1. The van der Waals surface area contributed by atoms with Crippen LogP contribution in [0.5, 0.6) is 0 Å². The summed E-state index contributed by atoms with van der Waals surface area (Å²) in [6, 6.07) is -1.12. The van der Waals surface area contributed by atoms with Crippen LogP contribution in [0.1, 0.15) is 60.3 Å². The van der Waals surface area contributed by atoms with E-state index in [4.69, 9.17) is 0 Å². The molecule has 3 rings (SSSR count). The maximum absolute atomic E-state index is 13.7. The molecule has 3 fully saturated rings. The Morgan fingerprint density at radius 3 is 2.57 bits per heavy atom. The summed E-state index contributed by atoms with van der Waals surface area (Å²) in [5.74, 6) is -1.16. The van der Waals surface area contributed by atoms with Gasteiger partial charge >= 0.3 is 0 Å². The number of likely N-dealkylation sites (tertiary alicyclic amines) is 1. The maximum atomic E-state index is 13.7. The summed E-state index contributed by atoms with van der Waals surface area (Å²) in [7, 11) is 0. The monoisotopic (exact) mass is 439 g/mol. The molecule has 30 heavy (non-hydrogen) atoms. The highest BCUT2D eigenvalue weighted by Crippen LogP contribution is 2.68. The third-order valence-electron chi connectivity index (χ3n) is 7.13. The maximum Gasteiger partial charge on any atom is 0.244 e. The van der Waals surface area contributed by atoms with Crippen molar-refractivity contribution in [2.75, 3.05) is 13.2 Å². The third-order valence-corrected chi connectivity index (χ3v) is 9.21. The van der Waals surface area contributed by atoms with E-state index < -0.39 is 28.7 Å². The molecular formula is C22H37N3O4S. The lowest BCUT2D eigenvalue weighted by Gasteiger charge is -2.40. The van der Waals surface area contributed by atoms with Gasteiger partial charge in [0.15, 0.2) is 0 Å². The van der Waals surface area contributed by atoms with Gasteiger partial charge in [-0.05, 0) is 39.0 Å². The first-order valence-corrected chi connectivity index (χ1v) is 12.3. The Labute approximate surface area is 184 Å². The van der Waals surface area contributed by atoms with E-state index in [-0.39, 0.29) is 41.5 Å². The molecular weight excluding hydrogens is 402 g/mol. The number of nitrogens with zero attached hydrogens (tertiary/aromatic N) is 1. The number of nitrogens with one attached hydrogen (secondary N) is 2. The van der Waals surface area contributed by atoms with Crippen molar-refractivity contribution in [3.05, 3.63) is 0 Å². The molecule has 7 nitrogen and oxygen atoms in total. The summed E-state index contributed by atoms with van der Waals surface area (Å²) in [6.45, 7) is 10.3. The van der Waals surface area contributed by atoms with E-state index >= 15 is 0 Å². The van der Waals surface area contributed by atoms with Crippen molar-refractivity contribution in [2.45, 2.75) is 88.4 Å². The molecule has 0 radical (unpaired) electrons. The van der Waals surface area contributed by atoms with Gasteiger partial charge in [0.05, 0.1) is 29.2 Å². The fraction of sp³-hybridized carbons (Fsp3) is 0.864. The van der Waals surface area contributed by atoms with Crippen molar-refractivity contribution in [1.82, 2.24) is 15.5 Å². The van der Waals surface area contributed by atoms with Gasteiger partial charge in [-0.1, -0.05) is 27.2 Å². The van der Waals surface area contributed by atoms with E-state index in [9.17, 15) is 19.5 Å². The molecule has 3 heterocycles. The molecule has 1 spiro atoms. The zero-order valence-corrected chi connectivity index (χ0v) is 19.6. The van der Waals surface area contributed by atoms with Crippen molar-refractivity contribution in [3.8, 4) is 0 Å². The van der Waals surface area contributed by atoms with E-state index in [1.165, 1.54) is 0 Å². The highest BCUT2D eigenvalue weighted by molar-refractivity contribution is 8.02. The zero-order chi connectivity index (χ0) is 22.2. The Balaban J connectivity index is 2.00. The van der Waals surface area contributed by atoms with Gasteiger partial charge in [-0.25, -0.2) is 0 Å². The Morgan fingerprint density at radius 1 is 1.27 bits per heavy atom. The number of hydrogen-bond donors (Lipinski definition) is 3. The van der Waals surface area contributed by atoms with Gasteiger partial charge in [0.25, 0.3) is 0 Å². The van der Waals surface area contributed by atoms with Crippen molar-refractivity contribution in [3.63, 3.8) is 0 Å². The molecule has 0 aromatic heterocycles. The van der Waals surface area contributed by atoms with Crippen molar-refractivity contribution < 1.29 is 19.5 Å². The molecule has 3 aliphatic rings. The Hall–Kier alpha value is -1.28. The number of carbonyl (C=O) groups is 3. The number of rotatable bonds is 9. The summed E-state index contributed by atoms with van der Waals surface area (Å²) >= 11 is 1.67. The molecule has 3 amide bonds. The van der Waals surface area contributed by atoms with Crippen molar-refractivity contribution in [1.29, 1.82) is 0 Å². The zero-order valence-electron chi connectivity index (χ0n) is 18.8. The first-order chi connectivity index (χ1) is 14.2. The lowest BCUT2D eigenvalue weighted by molar-refractivity contribution is -0.142. The van der Waals surface area contributed by atoms with Crippen LogP contribution < -0.4 is 10.6 Å². The molecule has 0 saturated carbocycles. The standard InChI is InChI=1S/C22H37N3O4S/c1-6-8-13(4)24-20(28)18-22-12(3)10-15(30-22)16(19(27)23-9-7-2)17(22)21(29)25(18)14(5)11-26/h12-18,26H,6-11H2,1-5H3,(H,23,27)(H,24,28)/t12?,13?,14-,15+,16-,17+,18?,22?/m1/s1. The van der Waals surface area contributed by atoms with Crippen LogP contribution in [0.2, 0.25) is 0 Å². The average Bonchev–Trinajstić information content (AvgIpc) is 3.29. The molecule has 3 saturated heterocycles. The van der Waals surface area contributed by atoms with Crippen LogP contribution in [0, 0.1) is 17.8 Å². The minimum atomic E-state index is -0.662. The van der Waals surface area contributed by atoms with E-state index in [0.717, 1.165) is 25.7 Å². The molecule has 170 valence electrons. The summed E-state index contributed by atoms with van der Waals surface area (Å²) in [4.78, 5) is 41.8. The van der Waals surface area contributed by atoms with E-state index in [2.05, 4.69) is 24.5 Å². The van der Waals surface area contributed by atoms with Crippen LogP contribution in [0.25, 0.3) is 0 Å². The van der Waals surface area contributed by atoms with Gasteiger partial charge < -0.3 is 20.6 Å². The van der Waals surface area contributed by atoms with Crippen LogP contribution in [0.15, 0.2) is 0 Å². The molecule has 0 aromatic carbocycles. The Bertz CT molecular complexity index is 689. The molecule has 2 bridgehead atoms. The Kier molecular flexibility index (Phi) is 7.07. The van der Waals surface area contributed by atoms with Crippen LogP contribution in [-0.2, 0) is 14.4 Å². The number of aliphatic hydroxyl groups is 1. The van der Waals surface area contributed by atoms with E-state index in [1.54, 1.807) is 23.6 Å². The predicted molar refractivity (Wildman–Crippen MR) is 118 cm³/mol. The van der Waals surface area contributed by atoms with Crippen molar-refractivity contribution >= 4 is 29.5 Å². The quantitative estimate of drug-likeness (QED) is 0.506. The van der Waals surface area contributed by atoms with Gasteiger partial charge in [-0.3, -0.25) is 14.4 Å². The van der Waals surface area contributed by atoms with Crippen LogP contribution >= 0.6 is 11.8 Å². The molecule has 4 unspecified atom stereocenters. The highest BCUT2D eigenvalue weighted by atomic mass is 32.2. The molecule has 8 heteroatoms. The fourth-order valence-electron chi connectivity index (χ4n) is 5.81. The summed E-state index contributed by atoms with van der Waals surface area (Å²) in [5, 5.41) is 16.0. The van der Waals surface area contributed by atoms with Crippen molar-refractivity contribution in [2.24, 2.45) is 17.8 Å². The minimum absolute atomic E-state index is 0.0156. The number of amides is 3. The SMILES string of the molecule is CCCNC(=O)[C@@H]1[C@@H]2CC(C)C3(S2)C(C(=O)NC(C)CCC)N([C@H](C)CO)C(=O)[C@H]13. The topological polar surface area (TPSA) is 98.7 Å². The number of hydrogen-bond acceptors (Lipinski definition) is 5. The second kappa shape index (κ2) is 9.07. The molecule has 0 aliphatic carbocycles. The average molecular weight is 440 g/mol. The van der Waals surface area contributed by atoms with Crippen LogP contribution in [0.3, 0.4) is 0 Å². The summed E-state index contributed by atoms with van der Waals surface area (Å²) in [6.07, 6.45) is 3.49. The number of carbonyl (C=O) groups excluding carboxylic acids is 3.